The van der Waals surface area contributed by atoms with Gasteiger partial charge in [0.25, 0.3) is 5.91 Å². The SMILES string of the molecule is C[C@@H]1CN(C(=O)c2ccc(OCC(F)(F)F)cc2Cl)c2ccccc2CN1. The number of alkyl halides is 3. The van der Waals surface area contributed by atoms with Crippen molar-refractivity contribution < 1.29 is 22.7 Å². The Labute approximate surface area is 159 Å². The number of anilines is 1. The van der Waals surface area contributed by atoms with Crippen LogP contribution in [0.1, 0.15) is 22.8 Å². The van der Waals surface area contributed by atoms with Crippen LogP contribution in [0, 0.1) is 0 Å². The summed E-state index contributed by atoms with van der Waals surface area (Å²) < 4.78 is 41.5. The first-order valence-electron chi connectivity index (χ1n) is 8.37. The molecule has 0 aromatic heterocycles. The van der Waals surface area contributed by atoms with Crippen LogP contribution >= 0.6 is 11.6 Å². The zero-order valence-corrected chi connectivity index (χ0v) is 15.3. The molecule has 0 aliphatic carbocycles. The average molecular weight is 399 g/mol. The fraction of sp³-hybridized carbons (Fsp3) is 0.316. The number of rotatable bonds is 3. The van der Waals surface area contributed by atoms with Gasteiger partial charge in [0, 0.05) is 24.8 Å². The third kappa shape index (κ3) is 4.73. The molecule has 3 rings (SSSR count). The van der Waals surface area contributed by atoms with Crippen LogP contribution < -0.4 is 15.0 Å². The monoisotopic (exact) mass is 398 g/mol. The highest BCUT2D eigenvalue weighted by atomic mass is 35.5. The standard InChI is InChI=1S/C19H18ClF3N2O2/c1-12-10-25(17-5-3-2-4-13(17)9-24-12)18(26)15-7-6-14(8-16(15)20)27-11-19(21,22)23/h2-8,12,24H,9-11H2,1H3/t12-/m1/s1. The second-order valence-corrected chi connectivity index (χ2v) is 6.78. The maximum atomic E-state index is 13.1. The van der Waals surface area contributed by atoms with Gasteiger partial charge in [-0.3, -0.25) is 4.79 Å². The molecule has 0 unspecified atom stereocenters. The van der Waals surface area contributed by atoms with Crippen LogP contribution in [0.5, 0.6) is 5.75 Å². The van der Waals surface area contributed by atoms with E-state index in [0.29, 0.717) is 13.1 Å². The first kappa shape index (κ1) is 19.5. The number of carbonyl (C=O) groups is 1. The van der Waals surface area contributed by atoms with Gasteiger partial charge in [-0.05, 0) is 36.8 Å². The molecule has 1 atom stereocenters. The van der Waals surface area contributed by atoms with E-state index in [1.54, 1.807) is 4.90 Å². The van der Waals surface area contributed by atoms with E-state index in [2.05, 4.69) is 10.1 Å². The number of para-hydroxylation sites is 1. The van der Waals surface area contributed by atoms with Crippen LogP contribution in [0.4, 0.5) is 18.9 Å². The van der Waals surface area contributed by atoms with Crippen molar-refractivity contribution in [2.45, 2.75) is 25.7 Å². The molecule has 144 valence electrons. The predicted molar refractivity (Wildman–Crippen MR) is 97.4 cm³/mol. The second kappa shape index (κ2) is 7.78. The highest BCUT2D eigenvalue weighted by molar-refractivity contribution is 6.34. The van der Waals surface area contributed by atoms with Crippen LogP contribution in [0.15, 0.2) is 42.5 Å². The van der Waals surface area contributed by atoms with Gasteiger partial charge < -0.3 is 15.0 Å². The summed E-state index contributed by atoms with van der Waals surface area (Å²) in [5.41, 5.74) is 1.98. The largest absolute Gasteiger partial charge is 0.484 e. The molecule has 2 aromatic carbocycles. The molecule has 1 heterocycles. The number of amides is 1. The van der Waals surface area contributed by atoms with Crippen molar-refractivity contribution in [1.29, 1.82) is 0 Å². The minimum absolute atomic E-state index is 0.0415. The summed E-state index contributed by atoms with van der Waals surface area (Å²) in [6, 6.07) is 11.6. The molecule has 0 spiro atoms. The van der Waals surface area contributed by atoms with Crippen LogP contribution in [-0.4, -0.2) is 31.3 Å². The quantitative estimate of drug-likeness (QED) is 0.832. The Hall–Kier alpha value is -2.25. The lowest BCUT2D eigenvalue weighted by atomic mass is 10.1. The number of ether oxygens (including phenoxy) is 1. The van der Waals surface area contributed by atoms with E-state index in [1.165, 1.54) is 18.2 Å². The van der Waals surface area contributed by atoms with Crippen LogP contribution in [-0.2, 0) is 6.54 Å². The van der Waals surface area contributed by atoms with Crippen molar-refractivity contribution in [3.63, 3.8) is 0 Å². The van der Waals surface area contributed by atoms with Crippen molar-refractivity contribution in [2.75, 3.05) is 18.1 Å². The lowest BCUT2D eigenvalue weighted by Crippen LogP contribution is -2.39. The maximum Gasteiger partial charge on any atom is 0.422 e. The molecular weight excluding hydrogens is 381 g/mol. The Morgan fingerprint density at radius 1 is 1.30 bits per heavy atom. The molecule has 1 aliphatic rings. The molecule has 1 amide bonds. The number of nitrogens with zero attached hydrogens (tertiary/aromatic N) is 1. The van der Waals surface area contributed by atoms with Gasteiger partial charge in [0.15, 0.2) is 6.61 Å². The Kier molecular flexibility index (Phi) is 5.62. The number of nitrogens with one attached hydrogen (secondary N) is 1. The molecular formula is C19H18ClF3N2O2. The van der Waals surface area contributed by atoms with Crippen LogP contribution in [0.25, 0.3) is 0 Å². The predicted octanol–water partition coefficient (Wildman–Crippen LogP) is 4.42. The number of hydrogen-bond donors (Lipinski definition) is 1. The molecule has 8 heteroatoms. The molecule has 0 saturated heterocycles. The lowest BCUT2D eigenvalue weighted by Gasteiger charge is -2.25. The van der Waals surface area contributed by atoms with Gasteiger partial charge in [-0.1, -0.05) is 29.8 Å². The van der Waals surface area contributed by atoms with E-state index < -0.39 is 12.8 Å². The van der Waals surface area contributed by atoms with Gasteiger partial charge in [0.1, 0.15) is 5.75 Å². The van der Waals surface area contributed by atoms with Crippen molar-refractivity contribution in [1.82, 2.24) is 5.32 Å². The fourth-order valence-electron chi connectivity index (χ4n) is 2.91. The van der Waals surface area contributed by atoms with Gasteiger partial charge >= 0.3 is 6.18 Å². The van der Waals surface area contributed by atoms with Crippen LogP contribution in [0.3, 0.4) is 0 Å². The highest BCUT2D eigenvalue weighted by Crippen LogP contribution is 2.29. The molecule has 4 nitrogen and oxygen atoms in total. The topological polar surface area (TPSA) is 41.6 Å². The molecule has 27 heavy (non-hydrogen) atoms. The normalized spacial score (nSPS) is 17.2. The van der Waals surface area contributed by atoms with Gasteiger partial charge in [-0.25, -0.2) is 0 Å². The third-order valence-electron chi connectivity index (χ3n) is 4.20. The Morgan fingerprint density at radius 2 is 2.04 bits per heavy atom. The number of hydrogen-bond acceptors (Lipinski definition) is 3. The minimum Gasteiger partial charge on any atom is -0.484 e. The summed E-state index contributed by atoms with van der Waals surface area (Å²) in [5.74, 6) is -0.356. The number of benzene rings is 2. The average Bonchev–Trinajstić information content (AvgIpc) is 2.78. The summed E-state index contributed by atoms with van der Waals surface area (Å²) in [6.45, 7) is 1.64. The first-order chi connectivity index (χ1) is 12.7. The smallest absolute Gasteiger partial charge is 0.422 e. The van der Waals surface area contributed by atoms with Crippen molar-refractivity contribution in [3.05, 3.63) is 58.6 Å². The molecule has 0 fully saturated rings. The van der Waals surface area contributed by atoms with E-state index in [9.17, 15) is 18.0 Å². The van der Waals surface area contributed by atoms with Gasteiger partial charge in [0.2, 0.25) is 0 Å². The summed E-state index contributed by atoms with van der Waals surface area (Å²) >= 11 is 6.17. The first-order valence-corrected chi connectivity index (χ1v) is 8.74. The van der Waals surface area contributed by atoms with E-state index >= 15 is 0 Å². The van der Waals surface area contributed by atoms with E-state index in [-0.39, 0.29) is 28.3 Å². The zero-order valence-electron chi connectivity index (χ0n) is 14.5. The summed E-state index contributed by atoms with van der Waals surface area (Å²) in [5, 5.41) is 3.38. The van der Waals surface area contributed by atoms with Gasteiger partial charge in [0.05, 0.1) is 10.6 Å². The molecule has 0 saturated carbocycles. The van der Waals surface area contributed by atoms with E-state index in [0.717, 1.165) is 11.3 Å². The Bertz CT molecular complexity index is 842. The number of halogens is 4. The van der Waals surface area contributed by atoms with Crippen LogP contribution in [0.2, 0.25) is 5.02 Å². The summed E-state index contributed by atoms with van der Waals surface area (Å²) in [7, 11) is 0. The van der Waals surface area contributed by atoms with E-state index in [4.69, 9.17) is 11.6 Å². The molecule has 2 aromatic rings. The van der Waals surface area contributed by atoms with E-state index in [1.807, 2.05) is 31.2 Å². The number of carbonyl (C=O) groups excluding carboxylic acids is 1. The second-order valence-electron chi connectivity index (χ2n) is 6.37. The summed E-state index contributed by atoms with van der Waals surface area (Å²) in [6.07, 6.45) is -4.44. The molecule has 1 N–H and O–H groups in total. The maximum absolute atomic E-state index is 13.1. The van der Waals surface area contributed by atoms with Gasteiger partial charge in [-0.2, -0.15) is 13.2 Å². The lowest BCUT2D eigenvalue weighted by molar-refractivity contribution is -0.153. The van der Waals surface area contributed by atoms with Crippen molar-refractivity contribution in [3.8, 4) is 5.75 Å². The highest BCUT2D eigenvalue weighted by Gasteiger charge is 2.29. The zero-order chi connectivity index (χ0) is 19.6. The van der Waals surface area contributed by atoms with Crippen molar-refractivity contribution >= 4 is 23.2 Å². The minimum atomic E-state index is -4.44. The molecule has 0 bridgehead atoms. The molecule has 0 radical (unpaired) electrons. The van der Waals surface area contributed by atoms with Crippen molar-refractivity contribution in [2.24, 2.45) is 0 Å². The molecule has 1 aliphatic heterocycles. The Balaban J connectivity index is 1.87. The summed E-state index contributed by atoms with van der Waals surface area (Å²) in [4.78, 5) is 14.7. The third-order valence-corrected chi connectivity index (χ3v) is 4.51. The number of fused-ring (bicyclic) bond motifs is 1. The Morgan fingerprint density at radius 3 is 2.74 bits per heavy atom. The van der Waals surface area contributed by atoms with Gasteiger partial charge in [-0.15, -0.1) is 0 Å². The fourth-order valence-corrected chi connectivity index (χ4v) is 3.16.